The average molecular weight is 366 g/mol. The van der Waals surface area contributed by atoms with Crippen LogP contribution in [0.3, 0.4) is 0 Å². The van der Waals surface area contributed by atoms with Crippen LogP contribution in [-0.4, -0.2) is 40.4 Å². The van der Waals surface area contributed by atoms with E-state index in [9.17, 15) is 13.2 Å². The second kappa shape index (κ2) is 5.92. The molecule has 0 aliphatic carbocycles. The highest BCUT2D eigenvalue weighted by molar-refractivity contribution is 5.46. The van der Waals surface area contributed by atoms with Crippen molar-refractivity contribution >= 4 is 11.6 Å². The first-order valence-corrected chi connectivity index (χ1v) is 8.34. The molecule has 0 bridgehead atoms. The van der Waals surface area contributed by atoms with Crippen molar-refractivity contribution in [1.82, 2.24) is 34.3 Å². The predicted molar refractivity (Wildman–Crippen MR) is 85.7 cm³/mol. The quantitative estimate of drug-likeness (QED) is 0.763. The highest BCUT2D eigenvalue weighted by Gasteiger charge is 2.37. The number of rotatable bonds is 3. The van der Waals surface area contributed by atoms with Gasteiger partial charge in [0.1, 0.15) is 11.6 Å². The van der Waals surface area contributed by atoms with E-state index in [1.54, 1.807) is 13.0 Å². The zero-order valence-electron chi connectivity index (χ0n) is 14.2. The van der Waals surface area contributed by atoms with Crippen molar-refractivity contribution in [3.05, 3.63) is 29.2 Å². The van der Waals surface area contributed by atoms with Gasteiger partial charge >= 0.3 is 6.18 Å². The van der Waals surface area contributed by atoms with Crippen LogP contribution >= 0.6 is 0 Å². The number of aryl methyl sites for hydroxylation is 3. The Morgan fingerprint density at radius 2 is 2.04 bits per heavy atom. The van der Waals surface area contributed by atoms with E-state index in [0.717, 1.165) is 35.4 Å². The molecule has 3 aromatic heterocycles. The molecule has 0 radical (unpaired) electrons. The van der Waals surface area contributed by atoms with Gasteiger partial charge in [0, 0.05) is 30.6 Å². The molecule has 1 N–H and O–H groups in total. The molecule has 1 aliphatic heterocycles. The number of hydrogen-bond acceptors (Lipinski definition) is 6. The van der Waals surface area contributed by atoms with Gasteiger partial charge in [0.15, 0.2) is 5.82 Å². The minimum absolute atomic E-state index is 0.00237. The third-order valence-corrected chi connectivity index (χ3v) is 4.26. The first-order valence-electron chi connectivity index (χ1n) is 8.34. The molecule has 1 aliphatic rings. The maximum atomic E-state index is 12.9. The van der Waals surface area contributed by atoms with Crippen LogP contribution in [0.2, 0.25) is 0 Å². The molecule has 0 saturated heterocycles. The van der Waals surface area contributed by atoms with Crippen LogP contribution in [0.5, 0.6) is 0 Å². The van der Waals surface area contributed by atoms with Gasteiger partial charge in [-0.1, -0.05) is 6.92 Å². The zero-order valence-corrected chi connectivity index (χ0v) is 14.2. The Morgan fingerprint density at radius 3 is 2.77 bits per heavy atom. The van der Waals surface area contributed by atoms with Crippen LogP contribution in [-0.2, 0) is 25.6 Å². The van der Waals surface area contributed by atoms with Crippen LogP contribution in [0, 0.1) is 6.92 Å². The van der Waals surface area contributed by atoms with E-state index in [-0.39, 0.29) is 11.8 Å². The van der Waals surface area contributed by atoms with Crippen LogP contribution < -0.4 is 5.32 Å². The number of nitrogens with one attached hydrogen (secondary N) is 1. The molecule has 138 valence electrons. The number of aromatic nitrogens is 7. The lowest BCUT2D eigenvalue weighted by Crippen LogP contribution is -2.32. The standard InChI is InChI=1S/C15H17F3N8/c1-3-10-21-11-5-4-9(7-25(11)23-10)20-12-6-8(2)19-14-22-13(15(16,17)18)24-26(12)14/h6,9,20H,3-5,7H2,1-2H3. The van der Waals surface area contributed by atoms with E-state index in [2.05, 4.69) is 30.5 Å². The smallest absolute Gasteiger partial charge is 0.365 e. The van der Waals surface area contributed by atoms with Crippen molar-refractivity contribution in [2.45, 2.75) is 51.9 Å². The molecule has 0 spiro atoms. The lowest BCUT2D eigenvalue weighted by molar-refractivity contribution is -0.144. The Morgan fingerprint density at radius 1 is 1.23 bits per heavy atom. The topological polar surface area (TPSA) is 85.8 Å². The number of fused-ring (bicyclic) bond motifs is 2. The summed E-state index contributed by atoms with van der Waals surface area (Å²) in [5.41, 5.74) is 0.562. The number of nitrogens with zero attached hydrogens (tertiary/aromatic N) is 7. The van der Waals surface area contributed by atoms with Gasteiger partial charge in [-0.05, 0) is 13.3 Å². The van der Waals surface area contributed by atoms with E-state index < -0.39 is 12.0 Å². The SMILES string of the molecule is CCc1nc2n(n1)CC(Nc1cc(C)nc3nc(C(F)(F)F)nn13)CC2. The summed E-state index contributed by atoms with van der Waals surface area (Å²) in [7, 11) is 0. The van der Waals surface area contributed by atoms with Crippen molar-refractivity contribution < 1.29 is 13.2 Å². The van der Waals surface area contributed by atoms with Crippen molar-refractivity contribution in [2.24, 2.45) is 0 Å². The largest absolute Gasteiger partial charge is 0.453 e. The molecular weight excluding hydrogens is 349 g/mol. The lowest BCUT2D eigenvalue weighted by atomic mass is 10.1. The van der Waals surface area contributed by atoms with E-state index >= 15 is 0 Å². The summed E-state index contributed by atoms with van der Waals surface area (Å²) >= 11 is 0. The van der Waals surface area contributed by atoms with Crippen molar-refractivity contribution in [3.63, 3.8) is 0 Å². The number of hydrogen-bond donors (Lipinski definition) is 1. The fraction of sp³-hybridized carbons (Fsp3) is 0.533. The minimum Gasteiger partial charge on any atom is -0.365 e. The van der Waals surface area contributed by atoms with E-state index in [1.165, 1.54) is 0 Å². The molecule has 0 amide bonds. The first-order chi connectivity index (χ1) is 12.3. The molecule has 4 rings (SSSR count). The summed E-state index contributed by atoms with van der Waals surface area (Å²) in [6, 6.07) is 1.66. The maximum absolute atomic E-state index is 12.9. The summed E-state index contributed by atoms with van der Waals surface area (Å²) in [6.07, 6.45) is -2.30. The fourth-order valence-electron chi connectivity index (χ4n) is 3.05. The Kier molecular flexibility index (Phi) is 3.81. The number of halogens is 3. The Balaban J connectivity index is 1.64. The fourth-order valence-corrected chi connectivity index (χ4v) is 3.05. The van der Waals surface area contributed by atoms with Crippen molar-refractivity contribution in [2.75, 3.05) is 5.32 Å². The molecule has 4 heterocycles. The van der Waals surface area contributed by atoms with E-state index in [0.29, 0.717) is 18.1 Å². The Hall–Kier alpha value is -2.72. The van der Waals surface area contributed by atoms with Crippen LogP contribution in [0.1, 0.15) is 36.5 Å². The molecule has 1 unspecified atom stereocenters. The molecule has 0 saturated carbocycles. The highest BCUT2D eigenvalue weighted by atomic mass is 19.4. The second-order valence-electron chi connectivity index (χ2n) is 6.29. The minimum atomic E-state index is -4.62. The van der Waals surface area contributed by atoms with Gasteiger partial charge in [0.25, 0.3) is 11.6 Å². The predicted octanol–water partition coefficient (Wildman–Crippen LogP) is 2.03. The van der Waals surface area contributed by atoms with Gasteiger partial charge in [-0.15, -0.1) is 5.10 Å². The van der Waals surface area contributed by atoms with Gasteiger partial charge in [0.2, 0.25) is 0 Å². The molecule has 26 heavy (non-hydrogen) atoms. The molecular formula is C15H17F3N8. The van der Waals surface area contributed by atoms with Gasteiger partial charge in [-0.2, -0.15) is 27.8 Å². The number of anilines is 1. The van der Waals surface area contributed by atoms with E-state index in [4.69, 9.17) is 0 Å². The van der Waals surface area contributed by atoms with Crippen LogP contribution in [0.15, 0.2) is 6.07 Å². The highest BCUT2D eigenvalue weighted by Crippen LogP contribution is 2.27. The lowest BCUT2D eigenvalue weighted by Gasteiger charge is -2.24. The van der Waals surface area contributed by atoms with Gasteiger partial charge in [-0.25, -0.2) is 14.6 Å². The maximum Gasteiger partial charge on any atom is 0.453 e. The summed E-state index contributed by atoms with van der Waals surface area (Å²) in [6.45, 7) is 4.29. The van der Waals surface area contributed by atoms with Crippen LogP contribution in [0.25, 0.3) is 5.78 Å². The van der Waals surface area contributed by atoms with Gasteiger partial charge in [0.05, 0.1) is 6.54 Å². The molecule has 1 atom stereocenters. The van der Waals surface area contributed by atoms with Gasteiger partial charge in [-0.3, -0.25) is 0 Å². The zero-order chi connectivity index (χ0) is 18.5. The molecule has 8 nitrogen and oxygen atoms in total. The first kappa shape index (κ1) is 16.7. The summed E-state index contributed by atoms with van der Waals surface area (Å²) in [5, 5.41) is 11.3. The van der Waals surface area contributed by atoms with E-state index in [1.807, 2.05) is 11.6 Å². The number of alkyl halides is 3. The van der Waals surface area contributed by atoms with Gasteiger partial charge < -0.3 is 5.32 Å². The summed E-state index contributed by atoms with van der Waals surface area (Å²) in [4.78, 5) is 12.0. The monoisotopic (exact) mass is 366 g/mol. The van der Waals surface area contributed by atoms with Crippen molar-refractivity contribution in [3.8, 4) is 0 Å². The normalized spacial score (nSPS) is 17.5. The molecule has 0 aromatic carbocycles. The molecule has 0 fully saturated rings. The third-order valence-electron chi connectivity index (χ3n) is 4.26. The Labute approximate surface area is 146 Å². The molecule has 3 aromatic rings. The third kappa shape index (κ3) is 2.97. The van der Waals surface area contributed by atoms with Crippen molar-refractivity contribution in [1.29, 1.82) is 0 Å². The summed E-state index contributed by atoms with van der Waals surface area (Å²) < 4.78 is 41.7. The van der Waals surface area contributed by atoms with Crippen LogP contribution in [0.4, 0.5) is 19.0 Å². The Bertz CT molecular complexity index is 958. The summed E-state index contributed by atoms with van der Waals surface area (Å²) in [5.74, 6) is 0.892. The second-order valence-corrected chi connectivity index (χ2v) is 6.29. The average Bonchev–Trinajstić information content (AvgIpc) is 3.17. The molecule has 11 heteroatoms.